The Morgan fingerprint density at radius 1 is 1.25 bits per heavy atom. The van der Waals surface area contributed by atoms with Gasteiger partial charge in [0.25, 0.3) is 0 Å². The van der Waals surface area contributed by atoms with E-state index >= 15 is 0 Å². The molecule has 1 N–H and O–H groups in total. The SMILES string of the molecule is CCOC(=O)c1csc2ncnc(NCc3ccc(OC)cc3)c12. The van der Waals surface area contributed by atoms with Crippen molar-refractivity contribution < 1.29 is 14.3 Å². The van der Waals surface area contributed by atoms with Gasteiger partial charge < -0.3 is 14.8 Å². The molecule has 2 aromatic heterocycles. The molecule has 0 saturated carbocycles. The lowest BCUT2D eigenvalue weighted by molar-refractivity contribution is 0.0529. The molecule has 6 nitrogen and oxygen atoms in total. The Balaban J connectivity index is 1.85. The number of nitrogens with zero attached hydrogens (tertiary/aromatic N) is 2. The van der Waals surface area contributed by atoms with Gasteiger partial charge in [-0.15, -0.1) is 11.3 Å². The third-order valence-electron chi connectivity index (χ3n) is 3.48. The van der Waals surface area contributed by atoms with E-state index in [4.69, 9.17) is 9.47 Å². The van der Waals surface area contributed by atoms with Crippen molar-refractivity contribution in [3.8, 4) is 5.75 Å². The Kier molecular flexibility index (Phi) is 4.90. The lowest BCUT2D eigenvalue weighted by Gasteiger charge is -2.08. The number of hydrogen-bond donors (Lipinski definition) is 1. The van der Waals surface area contributed by atoms with E-state index in [0.29, 0.717) is 29.9 Å². The summed E-state index contributed by atoms with van der Waals surface area (Å²) in [6, 6.07) is 7.76. The smallest absolute Gasteiger partial charge is 0.339 e. The molecule has 0 spiro atoms. The first-order valence-corrected chi connectivity index (χ1v) is 8.37. The maximum Gasteiger partial charge on any atom is 0.339 e. The molecule has 0 fully saturated rings. The van der Waals surface area contributed by atoms with Crippen molar-refractivity contribution in [2.45, 2.75) is 13.5 Å². The van der Waals surface area contributed by atoms with Crippen LogP contribution in [0.2, 0.25) is 0 Å². The largest absolute Gasteiger partial charge is 0.497 e. The number of hydrogen-bond acceptors (Lipinski definition) is 7. The Morgan fingerprint density at radius 2 is 2.04 bits per heavy atom. The molecule has 2 heterocycles. The number of carbonyl (C=O) groups is 1. The summed E-state index contributed by atoms with van der Waals surface area (Å²) in [5, 5.41) is 5.73. The summed E-state index contributed by atoms with van der Waals surface area (Å²) < 4.78 is 10.3. The lowest BCUT2D eigenvalue weighted by atomic mass is 10.2. The highest BCUT2D eigenvalue weighted by Crippen LogP contribution is 2.30. The maximum absolute atomic E-state index is 12.1. The van der Waals surface area contributed by atoms with Crippen LogP contribution in [-0.4, -0.2) is 29.7 Å². The Labute approximate surface area is 143 Å². The van der Waals surface area contributed by atoms with E-state index in [9.17, 15) is 4.79 Å². The summed E-state index contributed by atoms with van der Waals surface area (Å²) in [5.74, 6) is 1.08. The van der Waals surface area contributed by atoms with E-state index in [0.717, 1.165) is 16.1 Å². The average Bonchev–Trinajstić information content (AvgIpc) is 3.05. The van der Waals surface area contributed by atoms with Crippen LogP contribution in [0, 0.1) is 0 Å². The van der Waals surface area contributed by atoms with Gasteiger partial charge in [-0.05, 0) is 24.6 Å². The van der Waals surface area contributed by atoms with Crippen LogP contribution in [0.4, 0.5) is 5.82 Å². The molecule has 124 valence electrons. The number of methoxy groups -OCH3 is 1. The van der Waals surface area contributed by atoms with Gasteiger partial charge >= 0.3 is 5.97 Å². The van der Waals surface area contributed by atoms with Crippen LogP contribution >= 0.6 is 11.3 Å². The van der Waals surface area contributed by atoms with Gasteiger partial charge in [-0.25, -0.2) is 14.8 Å². The van der Waals surface area contributed by atoms with Crippen LogP contribution in [0.25, 0.3) is 10.2 Å². The monoisotopic (exact) mass is 343 g/mol. The molecule has 0 atom stereocenters. The number of rotatable bonds is 6. The number of thiophene rings is 1. The number of carbonyl (C=O) groups excluding carboxylic acids is 1. The first-order chi connectivity index (χ1) is 11.7. The predicted octanol–water partition coefficient (Wildman–Crippen LogP) is 3.49. The quantitative estimate of drug-likeness (QED) is 0.691. The second-order valence-corrected chi connectivity index (χ2v) is 5.83. The molecular weight excluding hydrogens is 326 g/mol. The molecule has 3 aromatic rings. The van der Waals surface area contributed by atoms with Crippen molar-refractivity contribution in [1.82, 2.24) is 9.97 Å². The van der Waals surface area contributed by atoms with Crippen molar-refractivity contribution in [3.63, 3.8) is 0 Å². The van der Waals surface area contributed by atoms with Crippen LogP contribution < -0.4 is 10.1 Å². The molecule has 0 radical (unpaired) electrons. The van der Waals surface area contributed by atoms with E-state index in [1.165, 1.54) is 17.7 Å². The lowest BCUT2D eigenvalue weighted by Crippen LogP contribution is -2.07. The van der Waals surface area contributed by atoms with Crippen LogP contribution in [0.1, 0.15) is 22.8 Å². The Morgan fingerprint density at radius 3 is 2.75 bits per heavy atom. The summed E-state index contributed by atoms with van der Waals surface area (Å²) >= 11 is 1.40. The Bertz CT molecular complexity index is 846. The number of nitrogens with one attached hydrogen (secondary N) is 1. The molecule has 0 aliphatic heterocycles. The van der Waals surface area contributed by atoms with Crippen LogP contribution in [0.3, 0.4) is 0 Å². The van der Waals surface area contributed by atoms with Crippen molar-refractivity contribution in [1.29, 1.82) is 0 Å². The minimum Gasteiger partial charge on any atom is -0.497 e. The van der Waals surface area contributed by atoms with Gasteiger partial charge in [0.2, 0.25) is 0 Å². The third-order valence-corrected chi connectivity index (χ3v) is 4.37. The zero-order valence-electron chi connectivity index (χ0n) is 13.4. The molecule has 7 heteroatoms. The zero-order valence-corrected chi connectivity index (χ0v) is 14.2. The summed E-state index contributed by atoms with van der Waals surface area (Å²) in [6.07, 6.45) is 1.49. The van der Waals surface area contributed by atoms with Crippen molar-refractivity contribution in [2.75, 3.05) is 19.0 Å². The normalized spacial score (nSPS) is 10.6. The van der Waals surface area contributed by atoms with E-state index in [1.54, 1.807) is 19.4 Å². The second kappa shape index (κ2) is 7.27. The first kappa shape index (κ1) is 16.2. The third kappa shape index (κ3) is 3.30. The number of benzene rings is 1. The van der Waals surface area contributed by atoms with E-state index < -0.39 is 0 Å². The average molecular weight is 343 g/mol. The van der Waals surface area contributed by atoms with Gasteiger partial charge in [0.15, 0.2) is 0 Å². The number of esters is 1. The number of fused-ring (bicyclic) bond motifs is 1. The highest BCUT2D eigenvalue weighted by Gasteiger charge is 2.18. The fraction of sp³-hybridized carbons (Fsp3) is 0.235. The standard InChI is InChI=1S/C17H17N3O3S/c1-3-23-17(21)13-9-24-16-14(13)15(19-10-20-16)18-8-11-4-6-12(22-2)7-5-11/h4-7,9-10H,3,8H2,1-2H3,(H,18,19,20). The van der Waals surface area contributed by atoms with Gasteiger partial charge in [-0.1, -0.05) is 12.1 Å². The maximum atomic E-state index is 12.1. The molecule has 24 heavy (non-hydrogen) atoms. The molecule has 1 aromatic carbocycles. The molecule has 0 saturated heterocycles. The number of anilines is 1. The molecule has 0 unspecified atom stereocenters. The molecule has 0 bridgehead atoms. The minimum atomic E-state index is -0.356. The van der Waals surface area contributed by atoms with Crippen molar-refractivity contribution in [2.24, 2.45) is 0 Å². The summed E-state index contributed by atoms with van der Waals surface area (Å²) in [6.45, 7) is 2.69. The minimum absolute atomic E-state index is 0.332. The predicted molar refractivity (Wildman–Crippen MR) is 93.7 cm³/mol. The van der Waals surface area contributed by atoms with E-state index in [2.05, 4.69) is 15.3 Å². The van der Waals surface area contributed by atoms with Gasteiger partial charge in [0, 0.05) is 11.9 Å². The molecule has 3 rings (SSSR count). The summed E-state index contributed by atoms with van der Waals surface area (Å²) in [7, 11) is 1.64. The number of ether oxygens (including phenoxy) is 2. The summed E-state index contributed by atoms with van der Waals surface area (Å²) in [4.78, 5) is 21.4. The van der Waals surface area contributed by atoms with Crippen LogP contribution in [0.5, 0.6) is 5.75 Å². The van der Waals surface area contributed by atoms with E-state index in [-0.39, 0.29) is 5.97 Å². The fourth-order valence-corrected chi connectivity index (χ4v) is 3.17. The fourth-order valence-electron chi connectivity index (χ4n) is 2.30. The summed E-state index contributed by atoms with van der Waals surface area (Å²) in [5.41, 5.74) is 1.57. The number of aromatic nitrogens is 2. The van der Waals surface area contributed by atoms with Crippen LogP contribution in [-0.2, 0) is 11.3 Å². The molecule has 0 amide bonds. The van der Waals surface area contributed by atoms with Gasteiger partial charge in [0.05, 0.1) is 24.7 Å². The topological polar surface area (TPSA) is 73.3 Å². The Hall–Kier alpha value is -2.67. The zero-order chi connectivity index (χ0) is 16.9. The van der Waals surface area contributed by atoms with Gasteiger partial charge in [0.1, 0.15) is 22.7 Å². The molecular formula is C17H17N3O3S. The van der Waals surface area contributed by atoms with Crippen molar-refractivity contribution >= 4 is 33.3 Å². The molecule has 0 aliphatic carbocycles. The van der Waals surface area contributed by atoms with Gasteiger partial charge in [-0.2, -0.15) is 0 Å². The molecule has 0 aliphatic rings. The first-order valence-electron chi connectivity index (χ1n) is 7.49. The van der Waals surface area contributed by atoms with Crippen LogP contribution in [0.15, 0.2) is 36.0 Å². The van der Waals surface area contributed by atoms with E-state index in [1.807, 2.05) is 24.3 Å². The highest BCUT2D eigenvalue weighted by atomic mass is 32.1. The van der Waals surface area contributed by atoms with Gasteiger partial charge in [-0.3, -0.25) is 0 Å². The highest BCUT2D eigenvalue weighted by molar-refractivity contribution is 7.17. The second-order valence-electron chi connectivity index (χ2n) is 4.97. The van der Waals surface area contributed by atoms with Crippen molar-refractivity contribution in [3.05, 3.63) is 47.1 Å².